The SMILES string of the molecule is Oc1cccnc1NC[C@@H]1CCNC1. The summed E-state index contributed by atoms with van der Waals surface area (Å²) in [6.07, 6.45) is 2.87. The first kappa shape index (κ1) is 9.27. The number of rotatable bonds is 3. The highest BCUT2D eigenvalue weighted by atomic mass is 16.3. The molecule has 4 nitrogen and oxygen atoms in total. The van der Waals surface area contributed by atoms with E-state index >= 15 is 0 Å². The molecule has 0 radical (unpaired) electrons. The van der Waals surface area contributed by atoms with Crippen molar-refractivity contribution in [1.82, 2.24) is 10.3 Å². The summed E-state index contributed by atoms with van der Waals surface area (Å²) >= 11 is 0. The molecule has 3 N–H and O–H groups in total. The Morgan fingerprint density at radius 1 is 1.64 bits per heavy atom. The van der Waals surface area contributed by atoms with Gasteiger partial charge in [-0.1, -0.05) is 0 Å². The lowest BCUT2D eigenvalue weighted by Gasteiger charge is -2.10. The van der Waals surface area contributed by atoms with Crippen LogP contribution in [0, 0.1) is 5.92 Å². The van der Waals surface area contributed by atoms with E-state index in [0.29, 0.717) is 11.7 Å². The van der Waals surface area contributed by atoms with E-state index in [1.165, 1.54) is 6.42 Å². The Morgan fingerprint density at radius 3 is 3.29 bits per heavy atom. The number of anilines is 1. The van der Waals surface area contributed by atoms with Crippen LogP contribution in [0.4, 0.5) is 5.82 Å². The smallest absolute Gasteiger partial charge is 0.168 e. The Morgan fingerprint density at radius 2 is 2.57 bits per heavy atom. The first-order chi connectivity index (χ1) is 6.86. The Labute approximate surface area is 83.4 Å². The molecule has 2 heterocycles. The Kier molecular flexibility index (Phi) is 2.84. The molecule has 1 fully saturated rings. The van der Waals surface area contributed by atoms with Gasteiger partial charge in [0.1, 0.15) is 0 Å². The second kappa shape index (κ2) is 4.28. The normalized spacial score (nSPS) is 21.0. The van der Waals surface area contributed by atoms with Crippen LogP contribution in [0.2, 0.25) is 0 Å². The molecule has 1 aromatic rings. The minimum absolute atomic E-state index is 0.221. The molecule has 0 saturated carbocycles. The molecular weight excluding hydrogens is 178 g/mol. The van der Waals surface area contributed by atoms with E-state index < -0.39 is 0 Å². The Balaban J connectivity index is 1.88. The molecule has 0 aromatic carbocycles. The summed E-state index contributed by atoms with van der Waals surface area (Å²) in [6.45, 7) is 3.03. The van der Waals surface area contributed by atoms with Crippen molar-refractivity contribution in [2.75, 3.05) is 25.0 Å². The third-order valence-corrected chi connectivity index (χ3v) is 2.51. The summed E-state index contributed by atoms with van der Waals surface area (Å²) in [7, 11) is 0. The number of hydrogen-bond donors (Lipinski definition) is 3. The molecule has 14 heavy (non-hydrogen) atoms. The summed E-state index contributed by atoms with van der Waals surface area (Å²) in [5.74, 6) is 1.45. The van der Waals surface area contributed by atoms with Crippen LogP contribution < -0.4 is 10.6 Å². The van der Waals surface area contributed by atoms with Crippen molar-refractivity contribution in [1.29, 1.82) is 0 Å². The van der Waals surface area contributed by atoms with Crippen LogP contribution in [0.5, 0.6) is 5.75 Å². The van der Waals surface area contributed by atoms with Crippen LogP contribution in [0.1, 0.15) is 6.42 Å². The average molecular weight is 193 g/mol. The molecule has 76 valence electrons. The number of aromatic nitrogens is 1. The molecule has 0 aliphatic carbocycles. The topological polar surface area (TPSA) is 57.2 Å². The van der Waals surface area contributed by atoms with Crippen molar-refractivity contribution in [2.24, 2.45) is 5.92 Å². The molecule has 1 saturated heterocycles. The minimum atomic E-state index is 0.221. The van der Waals surface area contributed by atoms with E-state index in [4.69, 9.17) is 0 Å². The van der Waals surface area contributed by atoms with Crippen LogP contribution in [0.15, 0.2) is 18.3 Å². The van der Waals surface area contributed by atoms with E-state index in [1.54, 1.807) is 18.3 Å². The highest BCUT2D eigenvalue weighted by Crippen LogP contribution is 2.19. The predicted octanol–water partition coefficient (Wildman–Crippen LogP) is 0.809. The van der Waals surface area contributed by atoms with Crippen molar-refractivity contribution in [3.05, 3.63) is 18.3 Å². The quantitative estimate of drug-likeness (QED) is 0.665. The van der Waals surface area contributed by atoms with E-state index in [-0.39, 0.29) is 5.75 Å². The zero-order valence-corrected chi connectivity index (χ0v) is 8.03. The van der Waals surface area contributed by atoms with Crippen LogP contribution in [-0.2, 0) is 0 Å². The van der Waals surface area contributed by atoms with Gasteiger partial charge in [-0.15, -0.1) is 0 Å². The lowest BCUT2D eigenvalue weighted by Crippen LogP contribution is -2.17. The second-order valence-electron chi connectivity index (χ2n) is 3.61. The average Bonchev–Trinajstić information content (AvgIpc) is 2.69. The van der Waals surface area contributed by atoms with Crippen molar-refractivity contribution in [3.63, 3.8) is 0 Å². The summed E-state index contributed by atoms with van der Waals surface area (Å²) < 4.78 is 0. The summed E-state index contributed by atoms with van der Waals surface area (Å²) in [4.78, 5) is 4.06. The predicted molar refractivity (Wildman–Crippen MR) is 55.4 cm³/mol. The highest BCUT2D eigenvalue weighted by Gasteiger charge is 2.14. The fourth-order valence-corrected chi connectivity index (χ4v) is 1.66. The number of hydrogen-bond acceptors (Lipinski definition) is 4. The van der Waals surface area contributed by atoms with Crippen LogP contribution in [0.25, 0.3) is 0 Å². The molecule has 1 aliphatic rings. The van der Waals surface area contributed by atoms with E-state index in [2.05, 4.69) is 15.6 Å². The molecule has 1 atom stereocenters. The fourth-order valence-electron chi connectivity index (χ4n) is 1.66. The molecule has 0 bridgehead atoms. The second-order valence-corrected chi connectivity index (χ2v) is 3.61. The largest absolute Gasteiger partial charge is 0.504 e. The highest BCUT2D eigenvalue weighted by molar-refractivity contribution is 5.48. The third kappa shape index (κ3) is 2.14. The van der Waals surface area contributed by atoms with Gasteiger partial charge in [-0.2, -0.15) is 0 Å². The summed E-state index contributed by atoms with van der Waals surface area (Å²) in [5, 5.41) is 15.9. The lowest BCUT2D eigenvalue weighted by atomic mass is 10.1. The van der Waals surface area contributed by atoms with Gasteiger partial charge in [-0.3, -0.25) is 0 Å². The van der Waals surface area contributed by atoms with Crippen LogP contribution >= 0.6 is 0 Å². The number of pyridine rings is 1. The van der Waals surface area contributed by atoms with Crippen molar-refractivity contribution in [3.8, 4) is 5.75 Å². The van der Waals surface area contributed by atoms with Gasteiger partial charge in [-0.05, 0) is 37.6 Å². The van der Waals surface area contributed by atoms with Crippen LogP contribution in [0.3, 0.4) is 0 Å². The van der Waals surface area contributed by atoms with E-state index in [0.717, 1.165) is 19.6 Å². The van der Waals surface area contributed by atoms with Crippen molar-refractivity contribution < 1.29 is 5.11 Å². The van der Waals surface area contributed by atoms with Gasteiger partial charge in [-0.25, -0.2) is 4.98 Å². The molecule has 0 spiro atoms. The first-order valence-corrected chi connectivity index (χ1v) is 4.95. The van der Waals surface area contributed by atoms with Gasteiger partial charge in [0.15, 0.2) is 11.6 Å². The standard InChI is InChI=1S/C10H15N3O/c14-9-2-1-4-12-10(9)13-7-8-3-5-11-6-8/h1-2,4,8,11,14H,3,5-7H2,(H,12,13)/t8-/m1/s1. The molecule has 2 rings (SSSR count). The number of nitrogens with one attached hydrogen (secondary N) is 2. The molecular formula is C10H15N3O. The third-order valence-electron chi connectivity index (χ3n) is 2.51. The maximum Gasteiger partial charge on any atom is 0.168 e. The maximum absolute atomic E-state index is 9.44. The maximum atomic E-state index is 9.44. The minimum Gasteiger partial charge on any atom is -0.504 e. The molecule has 0 unspecified atom stereocenters. The first-order valence-electron chi connectivity index (χ1n) is 4.95. The summed E-state index contributed by atoms with van der Waals surface area (Å²) in [6, 6.07) is 3.36. The molecule has 1 aliphatic heterocycles. The zero-order chi connectivity index (χ0) is 9.80. The Bertz CT molecular complexity index is 297. The molecule has 4 heteroatoms. The number of aromatic hydroxyl groups is 1. The monoisotopic (exact) mass is 193 g/mol. The molecule has 1 aromatic heterocycles. The van der Waals surface area contributed by atoms with Gasteiger partial charge in [0.2, 0.25) is 0 Å². The van der Waals surface area contributed by atoms with Crippen molar-refractivity contribution in [2.45, 2.75) is 6.42 Å². The number of nitrogens with zero attached hydrogens (tertiary/aromatic N) is 1. The zero-order valence-electron chi connectivity index (χ0n) is 8.03. The van der Waals surface area contributed by atoms with Gasteiger partial charge < -0.3 is 15.7 Å². The van der Waals surface area contributed by atoms with Gasteiger partial charge >= 0.3 is 0 Å². The van der Waals surface area contributed by atoms with E-state index in [1.807, 2.05) is 0 Å². The molecule has 0 amide bonds. The lowest BCUT2D eigenvalue weighted by molar-refractivity contribution is 0.474. The Hall–Kier alpha value is -1.29. The van der Waals surface area contributed by atoms with Gasteiger partial charge in [0.25, 0.3) is 0 Å². The van der Waals surface area contributed by atoms with Gasteiger partial charge in [0.05, 0.1) is 0 Å². The summed E-state index contributed by atoms with van der Waals surface area (Å²) in [5.41, 5.74) is 0. The van der Waals surface area contributed by atoms with E-state index in [9.17, 15) is 5.11 Å². The fraction of sp³-hybridized carbons (Fsp3) is 0.500. The van der Waals surface area contributed by atoms with Gasteiger partial charge in [0, 0.05) is 12.7 Å². The van der Waals surface area contributed by atoms with Crippen molar-refractivity contribution >= 4 is 5.82 Å². The van der Waals surface area contributed by atoms with Crippen LogP contribution in [-0.4, -0.2) is 29.7 Å².